The van der Waals surface area contributed by atoms with E-state index in [4.69, 9.17) is 9.84 Å². The second-order valence-corrected chi connectivity index (χ2v) is 13.6. The molecule has 0 bridgehead atoms. The van der Waals surface area contributed by atoms with Gasteiger partial charge in [-0.25, -0.2) is 15.0 Å². The van der Waals surface area contributed by atoms with Gasteiger partial charge in [-0.05, 0) is 39.1 Å². The fourth-order valence-electron chi connectivity index (χ4n) is 3.36. The maximum Gasteiger partial charge on any atom is 0.191 e. The van der Waals surface area contributed by atoms with Crippen LogP contribution in [0.15, 0.2) is 23.1 Å². The Morgan fingerprint density at radius 2 is 2.10 bits per heavy atom. The van der Waals surface area contributed by atoms with E-state index >= 15 is 0 Å². The molecular formula is C20H32N5O4PS. The maximum atomic E-state index is 10.7. The number of anilines is 1. The van der Waals surface area contributed by atoms with Crippen molar-refractivity contribution in [1.82, 2.24) is 19.5 Å². The zero-order valence-electron chi connectivity index (χ0n) is 18.4. The Kier molecular flexibility index (Phi) is 7.83. The average Bonchev–Trinajstić information content (AvgIpc) is 3.27. The number of rotatable bonds is 9. The molecule has 4 atom stereocenters. The summed E-state index contributed by atoms with van der Waals surface area (Å²) >= 11 is 1.39. The molecule has 0 aliphatic carbocycles. The molecule has 2 aromatic rings. The third-order valence-corrected chi connectivity index (χ3v) is 7.20. The van der Waals surface area contributed by atoms with E-state index in [1.165, 1.54) is 11.8 Å². The summed E-state index contributed by atoms with van der Waals surface area (Å²) in [5, 5.41) is 34.2. The molecule has 1 aliphatic rings. The molecule has 0 unspecified atom stereocenters. The molecule has 0 saturated carbocycles. The van der Waals surface area contributed by atoms with Crippen molar-refractivity contribution in [3.05, 3.63) is 18.0 Å². The van der Waals surface area contributed by atoms with Gasteiger partial charge in [0.1, 0.15) is 12.2 Å². The van der Waals surface area contributed by atoms with E-state index in [9.17, 15) is 10.2 Å². The summed E-state index contributed by atoms with van der Waals surface area (Å²) < 4.78 is 7.72. The molecule has 3 rings (SSSR count). The normalized spacial score (nSPS) is 24.8. The fourth-order valence-corrected chi connectivity index (χ4v) is 4.67. The third-order valence-electron chi connectivity index (χ3n) is 5.18. The van der Waals surface area contributed by atoms with Gasteiger partial charge in [0, 0.05) is 6.54 Å². The summed E-state index contributed by atoms with van der Waals surface area (Å²) in [5.74, 6) is 0.559. The number of ether oxygens (including phenoxy) is 1. The van der Waals surface area contributed by atoms with Gasteiger partial charge in [-0.2, -0.15) is 0 Å². The molecule has 1 aliphatic heterocycles. The van der Waals surface area contributed by atoms with Crippen molar-refractivity contribution < 1.29 is 20.1 Å². The first-order chi connectivity index (χ1) is 14.6. The van der Waals surface area contributed by atoms with Crippen LogP contribution in [0, 0.1) is 0 Å². The number of hydrogen-bond donors (Lipinski definition) is 4. The Balaban J connectivity index is 1.89. The molecular weight excluding hydrogens is 437 g/mol. The monoisotopic (exact) mass is 469 g/mol. The SMILES string of the molecule is C=P(C)(C)CC[C@H]1O[C@@H](n2cnc3c(NC/C=C(/C)CO)nc(SC)nc32)[C@H](O)[C@@H]1O. The van der Waals surface area contributed by atoms with Crippen molar-refractivity contribution in [2.24, 2.45) is 0 Å². The molecule has 2 aromatic heterocycles. The number of nitrogens with zero attached hydrogens (tertiary/aromatic N) is 4. The van der Waals surface area contributed by atoms with Gasteiger partial charge in [0.15, 0.2) is 28.4 Å². The number of fused-ring (bicyclic) bond motifs is 1. The Bertz CT molecular complexity index is 991. The number of imidazole rings is 1. The lowest BCUT2D eigenvalue weighted by molar-refractivity contribution is -0.0353. The predicted molar refractivity (Wildman–Crippen MR) is 128 cm³/mol. The fraction of sp³-hybridized carbons (Fsp3) is 0.600. The summed E-state index contributed by atoms with van der Waals surface area (Å²) in [7, 11) is 0. The molecule has 0 radical (unpaired) electrons. The van der Waals surface area contributed by atoms with Gasteiger partial charge in [-0.3, -0.25) is 4.57 Å². The van der Waals surface area contributed by atoms with E-state index in [1.54, 1.807) is 10.9 Å². The van der Waals surface area contributed by atoms with Crippen molar-refractivity contribution in [2.45, 2.75) is 43.0 Å². The molecule has 0 amide bonds. The van der Waals surface area contributed by atoms with Crippen LogP contribution in [0.3, 0.4) is 0 Å². The molecule has 11 heteroatoms. The summed E-state index contributed by atoms with van der Waals surface area (Å²) in [4.78, 5) is 13.5. The van der Waals surface area contributed by atoms with Crippen LogP contribution in [0.25, 0.3) is 11.2 Å². The van der Waals surface area contributed by atoms with Crippen LogP contribution in [0.4, 0.5) is 5.82 Å². The molecule has 9 nitrogen and oxygen atoms in total. The molecule has 1 fully saturated rings. The molecule has 0 spiro atoms. The second kappa shape index (κ2) is 10.0. The maximum absolute atomic E-state index is 10.7. The lowest BCUT2D eigenvalue weighted by atomic mass is 10.1. The molecule has 3 heterocycles. The molecule has 1 saturated heterocycles. The van der Waals surface area contributed by atoms with Gasteiger partial charge in [-0.1, -0.05) is 23.4 Å². The lowest BCUT2D eigenvalue weighted by Gasteiger charge is -2.18. The summed E-state index contributed by atoms with van der Waals surface area (Å²) in [5.41, 5.74) is 1.92. The third kappa shape index (κ3) is 5.69. The van der Waals surface area contributed by atoms with E-state index < -0.39 is 31.4 Å². The van der Waals surface area contributed by atoms with Crippen LogP contribution >= 0.6 is 18.6 Å². The highest BCUT2D eigenvalue weighted by Gasteiger charge is 2.44. The summed E-state index contributed by atoms with van der Waals surface area (Å²) in [6.45, 7) is 5.33. The van der Waals surface area contributed by atoms with Crippen molar-refractivity contribution in [3.63, 3.8) is 0 Å². The number of hydrogen-bond acceptors (Lipinski definition) is 9. The molecule has 0 aromatic carbocycles. The smallest absolute Gasteiger partial charge is 0.191 e. The van der Waals surface area contributed by atoms with Crippen molar-refractivity contribution >= 4 is 41.9 Å². The number of aliphatic hydroxyl groups excluding tert-OH is 3. The van der Waals surface area contributed by atoms with Crippen LogP contribution in [0.2, 0.25) is 0 Å². The van der Waals surface area contributed by atoms with E-state index in [0.717, 1.165) is 11.7 Å². The highest BCUT2D eigenvalue weighted by molar-refractivity contribution is 7.98. The summed E-state index contributed by atoms with van der Waals surface area (Å²) in [6, 6.07) is 0. The van der Waals surface area contributed by atoms with E-state index in [1.807, 2.05) is 19.3 Å². The van der Waals surface area contributed by atoms with Crippen molar-refractivity contribution in [1.29, 1.82) is 0 Å². The quantitative estimate of drug-likeness (QED) is 0.188. The minimum atomic E-state index is -1.26. The van der Waals surface area contributed by atoms with Gasteiger partial charge in [-0.15, -0.1) is 13.2 Å². The van der Waals surface area contributed by atoms with Gasteiger partial charge in [0.2, 0.25) is 0 Å². The molecule has 31 heavy (non-hydrogen) atoms. The number of aliphatic hydroxyl groups is 3. The second-order valence-electron chi connectivity index (χ2n) is 8.47. The Morgan fingerprint density at radius 1 is 1.35 bits per heavy atom. The Labute approximate surface area is 186 Å². The van der Waals surface area contributed by atoms with Crippen molar-refractivity contribution in [2.75, 3.05) is 44.2 Å². The molecule has 4 N–H and O–H groups in total. The minimum Gasteiger partial charge on any atom is -0.392 e. The standard InChI is InChI=1S/C20H32N5O4PS/c1-12(10-26)6-8-21-17-14-18(24-20(23-17)31-5)25(11-22-14)19-16(28)15(27)13(29-19)7-9-30(2,3)4/h6,11,13,15-16,19,26-28H,2,7-10H2,1,3-5H3,(H,21,23,24)/b12-6-/t13-,15-,16-,19-/m1/s1. The van der Waals surface area contributed by atoms with Crippen LogP contribution < -0.4 is 5.32 Å². The largest absolute Gasteiger partial charge is 0.392 e. The first kappa shape index (κ1) is 24.2. The van der Waals surface area contributed by atoms with Crippen LogP contribution in [0.5, 0.6) is 0 Å². The Morgan fingerprint density at radius 3 is 2.74 bits per heavy atom. The minimum absolute atomic E-state index is 0.000773. The van der Waals surface area contributed by atoms with E-state index in [0.29, 0.717) is 35.1 Å². The first-order valence-electron chi connectivity index (χ1n) is 10.1. The predicted octanol–water partition coefficient (Wildman–Crippen LogP) is 1.62. The first-order valence-corrected chi connectivity index (χ1v) is 14.4. The summed E-state index contributed by atoms with van der Waals surface area (Å²) in [6.07, 6.45) is 7.70. The Hall–Kier alpha value is -1.42. The van der Waals surface area contributed by atoms with Gasteiger partial charge >= 0.3 is 0 Å². The number of nitrogens with one attached hydrogen (secondary N) is 1. The average molecular weight is 470 g/mol. The van der Waals surface area contributed by atoms with E-state index in [2.05, 4.69) is 39.9 Å². The number of aromatic nitrogens is 4. The van der Waals surface area contributed by atoms with Crippen LogP contribution in [0.1, 0.15) is 19.6 Å². The highest BCUT2D eigenvalue weighted by Crippen LogP contribution is 2.40. The van der Waals surface area contributed by atoms with E-state index in [-0.39, 0.29) is 6.61 Å². The zero-order chi connectivity index (χ0) is 22.8. The molecule has 172 valence electrons. The van der Waals surface area contributed by atoms with Crippen LogP contribution in [-0.2, 0) is 4.74 Å². The highest BCUT2D eigenvalue weighted by atomic mass is 32.2. The van der Waals surface area contributed by atoms with Gasteiger partial charge in [0.05, 0.1) is 19.0 Å². The lowest BCUT2D eigenvalue weighted by Crippen LogP contribution is -2.31. The van der Waals surface area contributed by atoms with Gasteiger partial charge < -0.3 is 25.4 Å². The van der Waals surface area contributed by atoms with Crippen LogP contribution in [-0.4, -0.2) is 98.3 Å². The zero-order valence-corrected chi connectivity index (χ0v) is 20.1. The number of thioether (sulfide) groups is 1. The van der Waals surface area contributed by atoms with Gasteiger partial charge in [0.25, 0.3) is 0 Å². The topological polar surface area (TPSA) is 126 Å². The van der Waals surface area contributed by atoms with Crippen molar-refractivity contribution in [3.8, 4) is 0 Å².